The summed E-state index contributed by atoms with van der Waals surface area (Å²) < 4.78 is 0. The first kappa shape index (κ1) is 12.8. The summed E-state index contributed by atoms with van der Waals surface area (Å²) in [5.74, 6) is 1.23. The second-order valence-corrected chi connectivity index (χ2v) is 6.73. The van der Waals surface area contributed by atoms with Gasteiger partial charge in [0.25, 0.3) is 0 Å². The molecule has 1 aliphatic heterocycles. The Labute approximate surface area is 120 Å². The highest BCUT2D eigenvalue weighted by Crippen LogP contribution is 2.43. The van der Waals surface area contributed by atoms with E-state index in [1.165, 1.54) is 45.6 Å². The van der Waals surface area contributed by atoms with E-state index in [-0.39, 0.29) is 0 Å². The summed E-state index contributed by atoms with van der Waals surface area (Å²) in [4.78, 5) is 0. The van der Waals surface area contributed by atoms with Gasteiger partial charge < -0.3 is 0 Å². The first-order chi connectivity index (χ1) is 9.16. The average Bonchev–Trinajstić information content (AvgIpc) is 2.38. The molecule has 0 N–H and O–H groups in total. The number of fused-ring (bicyclic) bond motifs is 1. The molecule has 0 bridgehead atoms. The first-order valence-electron chi connectivity index (χ1n) is 6.94. The summed E-state index contributed by atoms with van der Waals surface area (Å²) >= 11 is 2.09. The smallest absolute Gasteiger partial charge is 0.0554 e. The van der Waals surface area contributed by atoms with Crippen LogP contribution in [0, 0.1) is 20.8 Å². The van der Waals surface area contributed by atoms with Crippen LogP contribution in [0.25, 0.3) is 0 Å². The predicted molar refractivity (Wildman–Crippen MR) is 85.1 cm³/mol. The zero-order valence-electron chi connectivity index (χ0n) is 11.9. The van der Waals surface area contributed by atoms with Crippen LogP contribution < -0.4 is 0 Å². The van der Waals surface area contributed by atoms with Crippen LogP contribution in [0.1, 0.15) is 38.6 Å². The lowest BCUT2D eigenvalue weighted by atomic mass is 9.91. The number of aryl methyl sites for hydroxylation is 4. The SMILES string of the molecule is Cc1cc(C)c(C2SCCc3ccccc32)c(C)c1. The third kappa shape index (κ3) is 2.32. The maximum absolute atomic E-state index is 2.32. The third-order valence-electron chi connectivity index (χ3n) is 3.99. The highest BCUT2D eigenvalue weighted by Gasteiger charge is 2.24. The Kier molecular flexibility index (Phi) is 3.40. The largest absolute Gasteiger partial charge is 0.149 e. The molecule has 0 radical (unpaired) electrons. The molecule has 0 saturated heterocycles. The predicted octanol–water partition coefficient (Wildman–Crippen LogP) is 4.99. The summed E-state index contributed by atoms with van der Waals surface area (Å²) in [6, 6.07) is 13.6. The van der Waals surface area contributed by atoms with E-state index in [2.05, 4.69) is 68.9 Å². The molecule has 2 aromatic rings. The molecule has 1 unspecified atom stereocenters. The summed E-state index contributed by atoms with van der Waals surface area (Å²) in [7, 11) is 0. The van der Waals surface area contributed by atoms with Crippen molar-refractivity contribution in [1.29, 1.82) is 0 Å². The van der Waals surface area contributed by atoms with Gasteiger partial charge in [-0.15, -0.1) is 11.8 Å². The fourth-order valence-corrected chi connectivity index (χ4v) is 4.76. The standard InChI is InChI=1S/C18H20S/c1-12-10-13(2)17(14(3)11-12)18-16-7-5-4-6-15(16)8-9-19-18/h4-7,10-11,18H,8-9H2,1-3H3. The molecule has 0 amide bonds. The minimum Gasteiger partial charge on any atom is -0.149 e. The van der Waals surface area contributed by atoms with Crippen LogP contribution in [-0.2, 0) is 6.42 Å². The van der Waals surface area contributed by atoms with Gasteiger partial charge in [0.05, 0.1) is 5.25 Å². The maximum Gasteiger partial charge on any atom is 0.0554 e. The van der Waals surface area contributed by atoms with Crippen LogP contribution in [-0.4, -0.2) is 5.75 Å². The molecule has 0 aliphatic carbocycles. The van der Waals surface area contributed by atoms with Gasteiger partial charge in [-0.2, -0.15) is 0 Å². The minimum absolute atomic E-state index is 0.519. The van der Waals surface area contributed by atoms with E-state index in [4.69, 9.17) is 0 Å². The lowest BCUT2D eigenvalue weighted by molar-refractivity contribution is 0.993. The molecule has 3 rings (SSSR count). The van der Waals surface area contributed by atoms with Crippen LogP contribution in [0.3, 0.4) is 0 Å². The molecule has 1 heteroatoms. The van der Waals surface area contributed by atoms with E-state index in [1.54, 1.807) is 0 Å². The molecule has 19 heavy (non-hydrogen) atoms. The highest BCUT2D eigenvalue weighted by atomic mass is 32.2. The summed E-state index contributed by atoms with van der Waals surface area (Å²) in [6.07, 6.45) is 1.21. The van der Waals surface area contributed by atoms with Gasteiger partial charge in [-0.25, -0.2) is 0 Å². The molecule has 0 saturated carbocycles. The van der Waals surface area contributed by atoms with Gasteiger partial charge in [-0.1, -0.05) is 42.0 Å². The van der Waals surface area contributed by atoms with E-state index in [9.17, 15) is 0 Å². The zero-order valence-corrected chi connectivity index (χ0v) is 12.7. The monoisotopic (exact) mass is 268 g/mol. The van der Waals surface area contributed by atoms with Gasteiger partial charge in [0.1, 0.15) is 0 Å². The Morgan fingerprint density at radius 1 is 1.00 bits per heavy atom. The van der Waals surface area contributed by atoms with Crippen LogP contribution in [0.15, 0.2) is 36.4 Å². The molecule has 0 aromatic heterocycles. The minimum atomic E-state index is 0.519. The van der Waals surface area contributed by atoms with Gasteiger partial charge in [-0.05, 0) is 60.8 Å². The first-order valence-corrected chi connectivity index (χ1v) is 7.99. The summed E-state index contributed by atoms with van der Waals surface area (Å²) in [5.41, 5.74) is 8.83. The Morgan fingerprint density at radius 3 is 2.42 bits per heavy atom. The van der Waals surface area contributed by atoms with E-state index in [0.29, 0.717) is 5.25 Å². The number of thioether (sulfide) groups is 1. The fraction of sp³-hybridized carbons (Fsp3) is 0.333. The molecule has 0 spiro atoms. The Bertz CT molecular complexity index is 590. The van der Waals surface area contributed by atoms with Gasteiger partial charge in [0.15, 0.2) is 0 Å². The second-order valence-electron chi connectivity index (χ2n) is 5.51. The molecule has 2 aromatic carbocycles. The van der Waals surface area contributed by atoms with Crippen molar-refractivity contribution in [3.63, 3.8) is 0 Å². The maximum atomic E-state index is 2.32. The van der Waals surface area contributed by atoms with Crippen LogP contribution in [0.2, 0.25) is 0 Å². The molecule has 1 aliphatic rings. The molecular formula is C18H20S. The molecule has 0 nitrogen and oxygen atoms in total. The normalized spacial score (nSPS) is 18.2. The molecule has 98 valence electrons. The topological polar surface area (TPSA) is 0 Å². The van der Waals surface area contributed by atoms with Crippen molar-refractivity contribution >= 4 is 11.8 Å². The van der Waals surface area contributed by atoms with Crippen molar-refractivity contribution in [3.05, 3.63) is 69.8 Å². The van der Waals surface area contributed by atoms with Crippen molar-refractivity contribution in [1.82, 2.24) is 0 Å². The number of rotatable bonds is 1. The van der Waals surface area contributed by atoms with E-state index in [1.807, 2.05) is 0 Å². The average molecular weight is 268 g/mol. The molecule has 0 fully saturated rings. The van der Waals surface area contributed by atoms with Crippen molar-refractivity contribution in [2.24, 2.45) is 0 Å². The van der Waals surface area contributed by atoms with Crippen LogP contribution in [0.5, 0.6) is 0 Å². The van der Waals surface area contributed by atoms with Crippen molar-refractivity contribution in [2.75, 3.05) is 5.75 Å². The fourth-order valence-electron chi connectivity index (χ4n) is 3.24. The van der Waals surface area contributed by atoms with Crippen LogP contribution >= 0.6 is 11.8 Å². The highest BCUT2D eigenvalue weighted by molar-refractivity contribution is 7.99. The van der Waals surface area contributed by atoms with E-state index < -0.39 is 0 Å². The lowest BCUT2D eigenvalue weighted by Gasteiger charge is -2.28. The number of benzene rings is 2. The number of hydrogen-bond acceptors (Lipinski definition) is 1. The Hall–Kier alpha value is -1.21. The molecule has 1 atom stereocenters. The van der Waals surface area contributed by atoms with Gasteiger partial charge >= 0.3 is 0 Å². The van der Waals surface area contributed by atoms with Crippen LogP contribution in [0.4, 0.5) is 0 Å². The Balaban J connectivity index is 2.14. The molecule has 1 heterocycles. The Morgan fingerprint density at radius 2 is 1.68 bits per heavy atom. The van der Waals surface area contributed by atoms with E-state index in [0.717, 1.165) is 0 Å². The van der Waals surface area contributed by atoms with Gasteiger partial charge in [0, 0.05) is 0 Å². The van der Waals surface area contributed by atoms with Gasteiger partial charge in [-0.3, -0.25) is 0 Å². The molecular weight excluding hydrogens is 248 g/mol. The lowest BCUT2D eigenvalue weighted by Crippen LogP contribution is -2.11. The van der Waals surface area contributed by atoms with Crippen molar-refractivity contribution < 1.29 is 0 Å². The second kappa shape index (κ2) is 5.05. The van der Waals surface area contributed by atoms with Crippen molar-refractivity contribution in [3.8, 4) is 0 Å². The van der Waals surface area contributed by atoms with E-state index >= 15 is 0 Å². The summed E-state index contributed by atoms with van der Waals surface area (Å²) in [6.45, 7) is 6.70. The van der Waals surface area contributed by atoms with Crippen molar-refractivity contribution in [2.45, 2.75) is 32.4 Å². The third-order valence-corrected chi connectivity index (χ3v) is 5.26. The zero-order chi connectivity index (χ0) is 13.4. The van der Waals surface area contributed by atoms with Gasteiger partial charge in [0.2, 0.25) is 0 Å². The summed E-state index contributed by atoms with van der Waals surface area (Å²) in [5, 5.41) is 0.519. The number of hydrogen-bond donors (Lipinski definition) is 0. The quantitative estimate of drug-likeness (QED) is 0.702.